The van der Waals surface area contributed by atoms with Crippen LogP contribution in [0.5, 0.6) is 0 Å². The molecule has 0 aromatic carbocycles. The van der Waals surface area contributed by atoms with Gasteiger partial charge in [0.2, 0.25) is 0 Å². The van der Waals surface area contributed by atoms with Crippen molar-refractivity contribution in [1.29, 1.82) is 0 Å². The summed E-state index contributed by atoms with van der Waals surface area (Å²) in [5.74, 6) is 1.27. The molecule has 60 valence electrons. The van der Waals surface area contributed by atoms with Crippen molar-refractivity contribution in [2.24, 2.45) is 0 Å². The van der Waals surface area contributed by atoms with Crippen molar-refractivity contribution in [2.75, 3.05) is 12.4 Å². The van der Waals surface area contributed by atoms with Crippen LogP contribution in [-0.2, 0) is 4.84 Å². The monoisotopic (exact) mass is 161 g/mol. The first-order chi connectivity index (χ1) is 4.84. The van der Waals surface area contributed by atoms with E-state index in [-0.39, 0.29) is 0 Å². The summed E-state index contributed by atoms with van der Waals surface area (Å²) in [5.41, 5.74) is 3.06. The molecular formula is C7H15NOS. The van der Waals surface area contributed by atoms with Crippen molar-refractivity contribution < 1.29 is 4.84 Å². The summed E-state index contributed by atoms with van der Waals surface area (Å²) in [6.07, 6.45) is 1.24. The van der Waals surface area contributed by atoms with Crippen LogP contribution < -0.4 is 5.48 Å². The SMILES string of the molecule is CCONC1CCSC1C. The van der Waals surface area contributed by atoms with Crippen LogP contribution in [0.2, 0.25) is 0 Å². The predicted molar refractivity (Wildman–Crippen MR) is 45.1 cm³/mol. The van der Waals surface area contributed by atoms with Crippen LogP contribution in [0.15, 0.2) is 0 Å². The lowest BCUT2D eigenvalue weighted by molar-refractivity contribution is 0.0259. The fourth-order valence-electron chi connectivity index (χ4n) is 1.08. The van der Waals surface area contributed by atoms with E-state index in [1.807, 2.05) is 18.7 Å². The maximum Gasteiger partial charge on any atom is 0.0654 e. The molecule has 0 bridgehead atoms. The van der Waals surface area contributed by atoms with Crippen LogP contribution in [-0.4, -0.2) is 23.7 Å². The molecule has 1 aliphatic rings. The molecule has 0 amide bonds. The van der Waals surface area contributed by atoms with Crippen molar-refractivity contribution in [3.63, 3.8) is 0 Å². The maximum absolute atomic E-state index is 5.12. The highest BCUT2D eigenvalue weighted by atomic mass is 32.2. The topological polar surface area (TPSA) is 21.3 Å². The lowest BCUT2D eigenvalue weighted by atomic mass is 10.2. The third kappa shape index (κ3) is 2.15. The Kier molecular flexibility index (Phi) is 3.52. The van der Waals surface area contributed by atoms with Gasteiger partial charge in [-0.1, -0.05) is 6.92 Å². The van der Waals surface area contributed by atoms with Gasteiger partial charge in [-0.25, -0.2) is 0 Å². The predicted octanol–water partition coefficient (Wildman–Crippen LogP) is 1.42. The third-order valence-electron chi connectivity index (χ3n) is 1.76. The summed E-state index contributed by atoms with van der Waals surface area (Å²) in [7, 11) is 0. The highest BCUT2D eigenvalue weighted by Gasteiger charge is 2.23. The minimum absolute atomic E-state index is 0.574. The van der Waals surface area contributed by atoms with Gasteiger partial charge in [-0.15, -0.1) is 0 Å². The largest absolute Gasteiger partial charge is 0.302 e. The second kappa shape index (κ2) is 4.21. The number of hydroxylamine groups is 1. The number of hydrogen-bond acceptors (Lipinski definition) is 3. The van der Waals surface area contributed by atoms with E-state index >= 15 is 0 Å². The Morgan fingerprint density at radius 1 is 1.70 bits per heavy atom. The summed E-state index contributed by atoms with van der Waals surface area (Å²) in [5, 5.41) is 0.714. The van der Waals surface area contributed by atoms with E-state index in [0.29, 0.717) is 11.3 Å². The highest BCUT2D eigenvalue weighted by molar-refractivity contribution is 8.00. The Balaban J connectivity index is 2.14. The molecule has 0 spiro atoms. The average molecular weight is 161 g/mol. The Morgan fingerprint density at radius 3 is 3.00 bits per heavy atom. The maximum atomic E-state index is 5.12. The van der Waals surface area contributed by atoms with E-state index in [1.165, 1.54) is 12.2 Å². The van der Waals surface area contributed by atoms with Crippen LogP contribution in [0.1, 0.15) is 20.3 Å². The molecule has 0 radical (unpaired) electrons. The van der Waals surface area contributed by atoms with Gasteiger partial charge in [0.25, 0.3) is 0 Å². The second-order valence-electron chi connectivity index (χ2n) is 2.52. The van der Waals surface area contributed by atoms with Gasteiger partial charge in [0.05, 0.1) is 6.61 Å². The van der Waals surface area contributed by atoms with Gasteiger partial charge in [-0.3, -0.25) is 0 Å². The fraction of sp³-hybridized carbons (Fsp3) is 1.00. The van der Waals surface area contributed by atoms with Crippen LogP contribution in [0.25, 0.3) is 0 Å². The summed E-state index contributed by atoms with van der Waals surface area (Å²) in [6, 6.07) is 0.574. The normalized spacial score (nSPS) is 33.0. The molecular weight excluding hydrogens is 146 g/mol. The molecule has 3 heteroatoms. The van der Waals surface area contributed by atoms with Gasteiger partial charge in [-0.05, 0) is 19.1 Å². The average Bonchev–Trinajstić information content (AvgIpc) is 2.31. The molecule has 1 rings (SSSR count). The zero-order valence-electron chi connectivity index (χ0n) is 6.59. The first-order valence-corrected chi connectivity index (χ1v) is 4.88. The van der Waals surface area contributed by atoms with E-state index in [9.17, 15) is 0 Å². The molecule has 2 unspecified atom stereocenters. The van der Waals surface area contributed by atoms with Crippen molar-refractivity contribution in [3.8, 4) is 0 Å². The van der Waals surface area contributed by atoms with E-state index in [0.717, 1.165) is 6.61 Å². The first-order valence-electron chi connectivity index (χ1n) is 3.83. The Bertz CT molecular complexity index is 99.6. The lowest BCUT2D eigenvalue weighted by Gasteiger charge is -2.14. The molecule has 10 heavy (non-hydrogen) atoms. The molecule has 1 heterocycles. The molecule has 2 nitrogen and oxygen atoms in total. The fourth-order valence-corrected chi connectivity index (χ4v) is 2.26. The molecule has 0 saturated carbocycles. The van der Waals surface area contributed by atoms with E-state index < -0.39 is 0 Å². The summed E-state index contributed by atoms with van der Waals surface area (Å²) in [6.45, 7) is 5.00. The Morgan fingerprint density at radius 2 is 2.50 bits per heavy atom. The van der Waals surface area contributed by atoms with Crippen LogP contribution in [0.3, 0.4) is 0 Å². The molecule has 2 atom stereocenters. The summed E-state index contributed by atoms with van der Waals surface area (Å²) in [4.78, 5) is 5.12. The van der Waals surface area contributed by atoms with Crippen LogP contribution in [0, 0.1) is 0 Å². The Labute approximate surface area is 66.7 Å². The van der Waals surface area contributed by atoms with Crippen molar-refractivity contribution in [3.05, 3.63) is 0 Å². The second-order valence-corrected chi connectivity index (χ2v) is 4.01. The quantitative estimate of drug-likeness (QED) is 0.633. The zero-order valence-corrected chi connectivity index (χ0v) is 7.41. The first kappa shape index (κ1) is 8.37. The summed E-state index contributed by atoms with van der Waals surface area (Å²) >= 11 is 2.01. The summed E-state index contributed by atoms with van der Waals surface area (Å²) < 4.78 is 0. The molecule has 0 aromatic heterocycles. The number of thioether (sulfide) groups is 1. The van der Waals surface area contributed by atoms with Gasteiger partial charge in [0, 0.05) is 11.3 Å². The molecule has 1 fully saturated rings. The smallest absolute Gasteiger partial charge is 0.0654 e. The molecule has 1 N–H and O–H groups in total. The number of rotatable bonds is 3. The van der Waals surface area contributed by atoms with Gasteiger partial charge < -0.3 is 4.84 Å². The molecule has 1 saturated heterocycles. The van der Waals surface area contributed by atoms with Gasteiger partial charge >= 0.3 is 0 Å². The van der Waals surface area contributed by atoms with E-state index in [2.05, 4.69) is 12.4 Å². The van der Waals surface area contributed by atoms with E-state index in [1.54, 1.807) is 0 Å². The Hall–Kier alpha value is 0.270. The molecule has 1 aliphatic heterocycles. The van der Waals surface area contributed by atoms with Gasteiger partial charge in [0.15, 0.2) is 0 Å². The van der Waals surface area contributed by atoms with Gasteiger partial charge in [0.1, 0.15) is 0 Å². The zero-order chi connectivity index (χ0) is 7.40. The van der Waals surface area contributed by atoms with Gasteiger partial charge in [-0.2, -0.15) is 17.2 Å². The van der Waals surface area contributed by atoms with Crippen LogP contribution >= 0.6 is 11.8 Å². The number of nitrogens with one attached hydrogen (secondary N) is 1. The minimum atomic E-state index is 0.574. The van der Waals surface area contributed by atoms with Crippen molar-refractivity contribution in [1.82, 2.24) is 5.48 Å². The molecule has 0 aliphatic carbocycles. The lowest BCUT2D eigenvalue weighted by Crippen LogP contribution is -2.33. The van der Waals surface area contributed by atoms with E-state index in [4.69, 9.17) is 4.84 Å². The van der Waals surface area contributed by atoms with Crippen LogP contribution in [0.4, 0.5) is 0 Å². The number of hydrogen-bond donors (Lipinski definition) is 1. The minimum Gasteiger partial charge on any atom is -0.302 e. The van der Waals surface area contributed by atoms with Crippen molar-refractivity contribution >= 4 is 11.8 Å². The third-order valence-corrected chi connectivity index (χ3v) is 3.08. The standard InChI is InChI=1S/C7H15NOS/c1-3-9-8-7-4-5-10-6(7)2/h6-8H,3-5H2,1-2H3. The molecule has 0 aromatic rings. The van der Waals surface area contributed by atoms with Crippen molar-refractivity contribution in [2.45, 2.75) is 31.6 Å². The highest BCUT2D eigenvalue weighted by Crippen LogP contribution is 2.25.